The lowest BCUT2D eigenvalue weighted by Crippen LogP contribution is -2.12. The summed E-state index contributed by atoms with van der Waals surface area (Å²) in [6, 6.07) is 14.9. The van der Waals surface area contributed by atoms with Crippen LogP contribution in [0.1, 0.15) is 25.3 Å². The number of para-hydroxylation sites is 1. The average molecular weight is 267 g/mol. The van der Waals surface area contributed by atoms with Gasteiger partial charge in [-0.2, -0.15) is 0 Å². The Morgan fingerprint density at radius 3 is 2.80 bits per heavy atom. The second-order valence-corrected chi connectivity index (χ2v) is 5.21. The van der Waals surface area contributed by atoms with E-state index in [0.717, 1.165) is 31.7 Å². The summed E-state index contributed by atoms with van der Waals surface area (Å²) in [5.41, 5.74) is 5.22. The van der Waals surface area contributed by atoms with Crippen molar-refractivity contribution in [2.24, 2.45) is 0 Å². The Morgan fingerprint density at radius 1 is 1.05 bits per heavy atom. The topological polar surface area (TPSA) is 21.3 Å². The Balaban J connectivity index is 2.05. The van der Waals surface area contributed by atoms with Crippen LogP contribution in [0.25, 0.3) is 11.1 Å². The van der Waals surface area contributed by atoms with Gasteiger partial charge in [0, 0.05) is 17.8 Å². The minimum atomic E-state index is 0.768. The molecule has 0 spiro atoms. The molecule has 0 atom stereocenters. The van der Waals surface area contributed by atoms with Crippen LogP contribution in [0, 0.1) is 0 Å². The minimum absolute atomic E-state index is 0.768. The first kappa shape index (κ1) is 13.0. The van der Waals surface area contributed by atoms with E-state index in [9.17, 15) is 0 Å². The molecule has 2 aromatic carbocycles. The first-order valence-electron chi connectivity index (χ1n) is 7.48. The van der Waals surface area contributed by atoms with Gasteiger partial charge in [0.05, 0.1) is 6.61 Å². The largest absolute Gasteiger partial charge is 0.493 e. The molecule has 3 rings (SSSR count). The lowest BCUT2D eigenvalue weighted by molar-refractivity contribution is 0.318. The van der Waals surface area contributed by atoms with Gasteiger partial charge >= 0.3 is 0 Å². The highest BCUT2D eigenvalue weighted by Crippen LogP contribution is 2.37. The van der Waals surface area contributed by atoms with Crippen LogP contribution in [-0.2, 0) is 6.42 Å². The summed E-state index contributed by atoms with van der Waals surface area (Å²) >= 11 is 0. The molecule has 2 aromatic rings. The molecule has 0 aliphatic carbocycles. The van der Waals surface area contributed by atoms with Crippen LogP contribution < -0.4 is 10.1 Å². The Kier molecular flexibility index (Phi) is 3.91. The first-order chi connectivity index (χ1) is 9.90. The van der Waals surface area contributed by atoms with Gasteiger partial charge < -0.3 is 10.1 Å². The summed E-state index contributed by atoms with van der Waals surface area (Å²) in [5.74, 6) is 0.994. The van der Waals surface area contributed by atoms with E-state index in [4.69, 9.17) is 4.74 Å². The molecule has 1 heterocycles. The van der Waals surface area contributed by atoms with E-state index in [2.05, 4.69) is 48.6 Å². The number of hydrogen-bond acceptors (Lipinski definition) is 2. The Labute approximate surface area is 120 Å². The Morgan fingerprint density at radius 2 is 1.90 bits per heavy atom. The summed E-state index contributed by atoms with van der Waals surface area (Å²) in [4.78, 5) is 0. The van der Waals surface area contributed by atoms with E-state index in [0.29, 0.717) is 0 Å². The summed E-state index contributed by atoms with van der Waals surface area (Å²) in [6.45, 7) is 3.98. The summed E-state index contributed by atoms with van der Waals surface area (Å²) in [6.07, 6.45) is 3.37. The smallest absolute Gasteiger partial charge is 0.127 e. The Hall–Kier alpha value is -1.96. The van der Waals surface area contributed by atoms with Crippen LogP contribution in [0.3, 0.4) is 0 Å². The Bertz CT molecular complexity index is 592. The number of ether oxygens (including phenoxy) is 1. The van der Waals surface area contributed by atoms with Crippen molar-refractivity contribution in [2.45, 2.75) is 26.2 Å². The monoisotopic (exact) mass is 267 g/mol. The quantitative estimate of drug-likeness (QED) is 0.880. The van der Waals surface area contributed by atoms with Gasteiger partial charge in [-0.3, -0.25) is 0 Å². The maximum absolute atomic E-state index is 5.91. The number of benzene rings is 2. The zero-order valence-electron chi connectivity index (χ0n) is 12.0. The van der Waals surface area contributed by atoms with E-state index in [1.165, 1.54) is 28.8 Å². The maximum atomic E-state index is 5.91. The molecule has 0 saturated carbocycles. The van der Waals surface area contributed by atoms with Crippen molar-refractivity contribution in [1.82, 2.24) is 0 Å². The molecule has 1 aliphatic heterocycles. The van der Waals surface area contributed by atoms with Gasteiger partial charge in [-0.15, -0.1) is 0 Å². The highest BCUT2D eigenvalue weighted by Gasteiger charge is 2.15. The van der Waals surface area contributed by atoms with Crippen molar-refractivity contribution >= 4 is 5.69 Å². The molecule has 2 heteroatoms. The maximum Gasteiger partial charge on any atom is 0.127 e. The fourth-order valence-electron chi connectivity index (χ4n) is 2.79. The molecule has 0 unspecified atom stereocenters. The van der Waals surface area contributed by atoms with Gasteiger partial charge in [0.25, 0.3) is 0 Å². The molecular weight excluding hydrogens is 246 g/mol. The van der Waals surface area contributed by atoms with Crippen molar-refractivity contribution < 1.29 is 4.74 Å². The zero-order valence-corrected chi connectivity index (χ0v) is 12.0. The molecule has 0 radical (unpaired) electrons. The van der Waals surface area contributed by atoms with Gasteiger partial charge in [0.1, 0.15) is 5.75 Å². The average Bonchev–Trinajstić information content (AvgIpc) is 2.53. The van der Waals surface area contributed by atoms with Crippen molar-refractivity contribution in [3.8, 4) is 16.9 Å². The highest BCUT2D eigenvalue weighted by atomic mass is 16.5. The summed E-state index contributed by atoms with van der Waals surface area (Å²) in [5, 5.41) is 3.49. The van der Waals surface area contributed by atoms with E-state index in [-0.39, 0.29) is 0 Å². The SMILES string of the molecule is CCCOc1ccccc1-c1cccc2c1CCCN2. The van der Waals surface area contributed by atoms with E-state index in [1.807, 2.05) is 6.07 Å². The first-order valence-corrected chi connectivity index (χ1v) is 7.48. The third-order valence-electron chi connectivity index (χ3n) is 3.73. The second-order valence-electron chi connectivity index (χ2n) is 5.21. The molecule has 20 heavy (non-hydrogen) atoms. The zero-order chi connectivity index (χ0) is 13.8. The van der Waals surface area contributed by atoms with Crippen LogP contribution in [0.15, 0.2) is 42.5 Å². The van der Waals surface area contributed by atoms with Gasteiger partial charge in [0.2, 0.25) is 0 Å². The van der Waals surface area contributed by atoms with Gasteiger partial charge in [-0.25, -0.2) is 0 Å². The van der Waals surface area contributed by atoms with Crippen LogP contribution in [-0.4, -0.2) is 13.2 Å². The van der Waals surface area contributed by atoms with E-state index >= 15 is 0 Å². The molecule has 1 aliphatic rings. The van der Waals surface area contributed by atoms with Crippen molar-refractivity contribution in [2.75, 3.05) is 18.5 Å². The molecule has 2 nitrogen and oxygen atoms in total. The van der Waals surface area contributed by atoms with Gasteiger partial charge in [-0.05, 0) is 42.5 Å². The van der Waals surface area contributed by atoms with E-state index in [1.54, 1.807) is 0 Å². The van der Waals surface area contributed by atoms with Crippen molar-refractivity contribution in [3.63, 3.8) is 0 Å². The predicted octanol–water partition coefficient (Wildman–Crippen LogP) is 4.50. The van der Waals surface area contributed by atoms with Gasteiger partial charge in [0.15, 0.2) is 0 Å². The predicted molar refractivity (Wildman–Crippen MR) is 84.5 cm³/mol. The van der Waals surface area contributed by atoms with Gasteiger partial charge in [-0.1, -0.05) is 37.3 Å². The minimum Gasteiger partial charge on any atom is -0.493 e. The molecular formula is C18H21NO. The highest BCUT2D eigenvalue weighted by molar-refractivity contribution is 5.78. The lowest BCUT2D eigenvalue weighted by atomic mass is 9.92. The number of nitrogens with one attached hydrogen (secondary N) is 1. The van der Waals surface area contributed by atoms with Crippen LogP contribution in [0.2, 0.25) is 0 Å². The molecule has 0 aromatic heterocycles. The lowest BCUT2D eigenvalue weighted by Gasteiger charge is -2.22. The summed E-state index contributed by atoms with van der Waals surface area (Å²) < 4.78 is 5.91. The fourth-order valence-corrected chi connectivity index (χ4v) is 2.79. The number of rotatable bonds is 4. The summed E-state index contributed by atoms with van der Waals surface area (Å²) in [7, 11) is 0. The normalized spacial score (nSPS) is 13.4. The molecule has 0 amide bonds. The second kappa shape index (κ2) is 6.00. The molecule has 0 bridgehead atoms. The molecule has 1 N–H and O–H groups in total. The number of hydrogen-bond donors (Lipinski definition) is 1. The fraction of sp³-hybridized carbons (Fsp3) is 0.333. The standard InChI is InChI=1S/C18H21NO/c1-2-13-20-18-11-4-3-7-16(18)14-8-5-10-17-15(14)9-6-12-19-17/h3-5,7-8,10-11,19H,2,6,9,12-13H2,1H3. The van der Waals surface area contributed by atoms with Crippen molar-refractivity contribution in [1.29, 1.82) is 0 Å². The van der Waals surface area contributed by atoms with Crippen molar-refractivity contribution in [3.05, 3.63) is 48.0 Å². The van der Waals surface area contributed by atoms with Crippen LogP contribution in [0.4, 0.5) is 5.69 Å². The number of anilines is 1. The third kappa shape index (κ3) is 2.51. The molecule has 0 fully saturated rings. The van der Waals surface area contributed by atoms with Crippen LogP contribution >= 0.6 is 0 Å². The number of fused-ring (bicyclic) bond motifs is 1. The molecule has 0 saturated heterocycles. The molecule has 104 valence electrons. The van der Waals surface area contributed by atoms with Crippen LogP contribution in [0.5, 0.6) is 5.75 Å². The third-order valence-corrected chi connectivity index (χ3v) is 3.73. The van der Waals surface area contributed by atoms with E-state index < -0.39 is 0 Å².